The van der Waals surface area contributed by atoms with Gasteiger partial charge in [0.25, 0.3) is 11.5 Å². The van der Waals surface area contributed by atoms with Crippen molar-refractivity contribution in [3.8, 4) is 11.4 Å². The standard InChI is InChI=1S/C36H35N5O5/c1-25-8-10-26(11-9-25)23-37-34(43)27-12-17-31-32(22-27)40(36(45)41(35(31)44)29-13-15-30(46-2)16-14-29)24-33(42)39-20-18-38(19-21-39)28-6-4-3-5-7-28/h3-17,22H,18-21,23-24H2,1-2H3,(H,37,43). The number of fused-ring (bicyclic) bond motifs is 1. The Bertz CT molecular complexity index is 1990. The number of carbonyl (C=O) groups is 2. The number of benzene rings is 4. The Morgan fingerprint density at radius 3 is 2.17 bits per heavy atom. The van der Waals surface area contributed by atoms with E-state index in [1.807, 2.05) is 61.5 Å². The van der Waals surface area contributed by atoms with Crippen LogP contribution >= 0.6 is 0 Å². The highest BCUT2D eigenvalue weighted by atomic mass is 16.5. The number of aromatic nitrogens is 2. The van der Waals surface area contributed by atoms with Crippen molar-refractivity contribution in [2.24, 2.45) is 0 Å². The van der Waals surface area contributed by atoms with E-state index in [9.17, 15) is 19.2 Å². The maximum absolute atomic E-state index is 14.0. The minimum Gasteiger partial charge on any atom is -0.497 e. The van der Waals surface area contributed by atoms with E-state index in [1.54, 1.807) is 35.2 Å². The number of amides is 2. The summed E-state index contributed by atoms with van der Waals surface area (Å²) < 4.78 is 7.59. The number of methoxy groups -OCH3 is 1. The molecular formula is C36H35N5O5. The number of nitrogens with one attached hydrogen (secondary N) is 1. The van der Waals surface area contributed by atoms with Gasteiger partial charge in [0.15, 0.2) is 0 Å². The number of hydrogen-bond donors (Lipinski definition) is 1. The number of rotatable bonds is 8. The summed E-state index contributed by atoms with van der Waals surface area (Å²) in [5, 5.41) is 3.12. The zero-order valence-corrected chi connectivity index (χ0v) is 25.8. The van der Waals surface area contributed by atoms with E-state index in [2.05, 4.69) is 10.2 Å². The summed E-state index contributed by atoms with van der Waals surface area (Å²) in [7, 11) is 1.53. The molecule has 234 valence electrons. The molecule has 0 spiro atoms. The normalized spacial score (nSPS) is 13.1. The van der Waals surface area contributed by atoms with Gasteiger partial charge in [-0.15, -0.1) is 0 Å². The first-order chi connectivity index (χ1) is 22.3. The van der Waals surface area contributed by atoms with Crippen molar-refractivity contribution in [1.29, 1.82) is 0 Å². The molecule has 1 aliphatic heterocycles. The van der Waals surface area contributed by atoms with E-state index in [4.69, 9.17) is 4.74 Å². The number of carbonyl (C=O) groups excluding carboxylic acids is 2. The van der Waals surface area contributed by atoms with Crippen molar-refractivity contribution in [1.82, 2.24) is 19.4 Å². The van der Waals surface area contributed by atoms with Crippen molar-refractivity contribution in [2.45, 2.75) is 20.0 Å². The van der Waals surface area contributed by atoms with Crippen molar-refractivity contribution >= 4 is 28.4 Å². The van der Waals surface area contributed by atoms with Crippen LogP contribution in [0.5, 0.6) is 5.75 Å². The monoisotopic (exact) mass is 617 g/mol. The van der Waals surface area contributed by atoms with Crippen LogP contribution in [0.4, 0.5) is 5.69 Å². The molecule has 0 unspecified atom stereocenters. The van der Waals surface area contributed by atoms with Gasteiger partial charge in [0.2, 0.25) is 5.91 Å². The number of ether oxygens (including phenoxy) is 1. The SMILES string of the molecule is COc1ccc(-n2c(=O)c3ccc(C(=O)NCc4ccc(C)cc4)cc3n(CC(=O)N3CCN(c4ccccc4)CC3)c2=O)cc1. The lowest BCUT2D eigenvalue weighted by Gasteiger charge is -2.36. The van der Waals surface area contributed by atoms with Gasteiger partial charge in [-0.05, 0) is 67.1 Å². The number of hydrogen-bond acceptors (Lipinski definition) is 6. The molecule has 1 fully saturated rings. The Kier molecular flexibility index (Phi) is 8.69. The number of para-hydroxylation sites is 1. The average molecular weight is 618 g/mol. The van der Waals surface area contributed by atoms with Crippen LogP contribution in [0.3, 0.4) is 0 Å². The molecule has 6 rings (SSSR count). The molecule has 1 N–H and O–H groups in total. The minimum absolute atomic E-state index is 0.215. The molecule has 0 radical (unpaired) electrons. The molecule has 1 aromatic heterocycles. The maximum atomic E-state index is 14.0. The molecule has 0 bridgehead atoms. The second kappa shape index (κ2) is 13.2. The summed E-state index contributed by atoms with van der Waals surface area (Å²) in [5.74, 6) is -0.0292. The Labute approximate surface area is 266 Å². The second-order valence-electron chi connectivity index (χ2n) is 11.3. The van der Waals surface area contributed by atoms with E-state index in [1.165, 1.54) is 23.8 Å². The van der Waals surface area contributed by atoms with Crippen LogP contribution in [0, 0.1) is 6.92 Å². The predicted molar refractivity (Wildman–Crippen MR) is 178 cm³/mol. The quantitative estimate of drug-likeness (QED) is 0.285. The highest BCUT2D eigenvalue weighted by molar-refractivity contribution is 5.98. The summed E-state index contributed by atoms with van der Waals surface area (Å²) in [6, 6.07) is 29.0. The smallest absolute Gasteiger partial charge is 0.336 e. The van der Waals surface area contributed by atoms with E-state index in [0.29, 0.717) is 44.2 Å². The van der Waals surface area contributed by atoms with Gasteiger partial charge in [0.05, 0.1) is 23.7 Å². The maximum Gasteiger partial charge on any atom is 0.336 e. The third kappa shape index (κ3) is 6.28. The third-order valence-corrected chi connectivity index (χ3v) is 8.36. The number of piperazine rings is 1. The van der Waals surface area contributed by atoms with Crippen LogP contribution in [0.25, 0.3) is 16.6 Å². The molecule has 1 saturated heterocycles. The lowest BCUT2D eigenvalue weighted by Crippen LogP contribution is -2.50. The molecule has 2 heterocycles. The van der Waals surface area contributed by atoms with Gasteiger partial charge < -0.3 is 19.9 Å². The molecule has 0 aliphatic carbocycles. The first kappa shape index (κ1) is 30.4. The van der Waals surface area contributed by atoms with Crippen LogP contribution in [0.2, 0.25) is 0 Å². The predicted octanol–water partition coefficient (Wildman–Crippen LogP) is 3.75. The van der Waals surface area contributed by atoms with Crippen LogP contribution in [-0.4, -0.2) is 59.1 Å². The Hall–Kier alpha value is -5.64. The molecule has 2 amide bonds. The zero-order valence-electron chi connectivity index (χ0n) is 25.8. The van der Waals surface area contributed by atoms with Crippen molar-refractivity contribution in [3.05, 3.63) is 135 Å². The largest absolute Gasteiger partial charge is 0.497 e. The fourth-order valence-electron chi connectivity index (χ4n) is 5.70. The van der Waals surface area contributed by atoms with Gasteiger partial charge in [-0.2, -0.15) is 0 Å². The van der Waals surface area contributed by atoms with Gasteiger partial charge in [-0.25, -0.2) is 9.36 Å². The summed E-state index contributed by atoms with van der Waals surface area (Å²) in [4.78, 5) is 58.6. The van der Waals surface area contributed by atoms with Gasteiger partial charge in [-0.1, -0.05) is 48.0 Å². The van der Waals surface area contributed by atoms with Crippen LogP contribution in [-0.2, 0) is 17.9 Å². The Balaban J connectivity index is 1.33. The molecule has 5 aromatic rings. The molecule has 0 saturated carbocycles. The van der Waals surface area contributed by atoms with E-state index < -0.39 is 11.2 Å². The number of aryl methyl sites for hydroxylation is 1. The van der Waals surface area contributed by atoms with Crippen LogP contribution in [0.15, 0.2) is 107 Å². The van der Waals surface area contributed by atoms with Gasteiger partial charge in [-0.3, -0.25) is 19.0 Å². The molecule has 4 aromatic carbocycles. The van der Waals surface area contributed by atoms with Crippen molar-refractivity contribution < 1.29 is 14.3 Å². The summed E-state index contributed by atoms with van der Waals surface area (Å²) in [6.07, 6.45) is 0. The fraction of sp³-hybridized carbons (Fsp3) is 0.222. The topological polar surface area (TPSA) is 106 Å². The van der Waals surface area contributed by atoms with E-state index in [0.717, 1.165) is 21.4 Å². The third-order valence-electron chi connectivity index (χ3n) is 8.36. The molecule has 46 heavy (non-hydrogen) atoms. The lowest BCUT2D eigenvalue weighted by atomic mass is 10.1. The van der Waals surface area contributed by atoms with Crippen LogP contribution < -0.4 is 26.2 Å². The second-order valence-corrected chi connectivity index (χ2v) is 11.3. The molecule has 10 nitrogen and oxygen atoms in total. The molecule has 10 heteroatoms. The van der Waals surface area contributed by atoms with Crippen molar-refractivity contribution in [2.75, 3.05) is 38.2 Å². The Morgan fingerprint density at radius 1 is 0.804 bits per heavy atom. The Morgan fingerprint density at radius 2 is 1.50 bits per heavy atom. The summed E-state index contributed by atoms with van der Waals surface area (Å²) >= 11 is 0. The van der Waals surface area contributed by atoms with Gasteiger partial charge in [0, 0.05) is 44.0 Å². The van der Waals surface area contributed by atoms with Gasteiger partial charge in [0.1, 0.15) is 12.3 Å². The number of anilines is 1. The molecular weight excluding hydrogens is 582 g/mol. The van der Waals surface area contributed by atoms with E-state index >= 15 is 0 Å². The molecule has 1 aliphatic rings. The van der Waals surface area contributed by atoms with Crippen LogP contribution in [0.1, 0.15) is 21.5 Å². The molecule has 0 atom stereocenters. The van der Waals surface area contributed by atoms with Gasteiger partial charge >= 0.3 is 5.69 Å². The number of nitrogens with zero attached hydrogens (tertiary/aromatic N) is 4. The minimum atomic E-state index is -0.670. The zero-order chi connectivity index (χ0) is 32.2. The highest BCUT2D eigenvalue weighted by Crippen LogP contribution is 2.18. The fourth-order valence-corrected chi connectivity index (χ4v) is 5.70. The van der Waals surface area contributed by atoms with E-state index in [-0.39, 0.29) is 34.8 Å². The van der Waals surface area contributed by atoms with Crippen molar-refractivity contribution in [3.63, 3.8) is 0 Å². The first-order valence-corrected chi connectivity index (χ1v) is 15.2. The summed E-state index contributed by atoms with van der Waals surface area (Å²) in [6.45, 7) is 4.32. The average Bonchev–Trinajstić information content (AvgIpc) is 3.10. The highest BCUT2D eigenvalue weighted by Gasteiger charge is 2.24. The summed E-state index contributed by atoms with van der Waals surface area (Å²) in [5.41, 5.74) is 2.78. The lowest BCUT2D eigenvalue weighted by molar-refractivity contribution is -0.132. The first-order valence-electron chi connectivity index (χ1n) is 15.2.